The van der Waals surface area contributed by atoms with Crippen LogP contribution < -0.4 is 15.2 Å². The standard InChI is InChI=1S/C13H14BrN3O3/c1-7-11(13-16-10(6-15)20-17-13)8(14)5-9-12(7)19-4-2-3-18-9/h5H,2-4,6,15H2,1H3. The van der Waals surface area contributed by atoms with Gasteiger partial charge in [-0.05, 0) is 28.9 Å². The Morgan fingerprint density at radius 1 is 1.35 bits per heavy atom. The number of benzene rings is 1. The van der Waals surface area contributed by atoms with Gasteiger partial charge >= 0.3 is 0 Å². The Morgan fingerprint density at radius 2 is 2.15 bits per heavy atom. The molecule has 2 aromatic rings. The van der Waals surface area contributed by atoms with Crippen molar-refractivity contribution in [3.63, 3.8) is 0 Å². The summed E-state index contributed by atoms with van der Waals surface area (Å²) in [6.45, 7) is 3.45. The van der Waals surface area contributed by atoms with Crippen LogP contribution in [-0.2, 0) is 6.54 Å². The van der Waals surface area contributed by atoms with Crippen LogP contribution in [0.25, 0.3) is 11.4 Å². The summed E-state index contributed by atoms with van der Waals surface area (Å²) in [4.78, 5) is 4.26. The lowest BCUT2D eigenvalue weighted by atomic mass is 10.1. The molecule has 1 aromatic heterocycles. The second-order valence-corrected chi connectivity index (χ2v) is 5.31. The van der Waals surface area contributed by atoms with Gasteiger partial charge in [0.15, 0.2) is 11.5 Å². The van der Waals surface area contributed by atoms with Gasteiger partial charge in [-0.1, -0.05) is 5.16 Å². The third kappa shape index (κ3) is 2.27. The van der Waals surface area contributed by atoms with Crippen molar-refractivity contribution >= 4 is 15.9 Å². The molecule has 106 valence electrons. The van der Waals surface area contributed by atoms with Crippen molar-refractivity contribution in [2.45, 2.75) is 19.9 Å². The molecular formula is C13H14BrN3O3. The summed E-state index contributed by atoms with van der Waals surface area (Å²) in [6.07, 6.45) is 0.862. The lowest BCUT2D eigenvalue weighted by molar-refractivity contribution is 0.296. The van der Waals surface area contributed by atoms with Gasteiger partial charge in [-0.15, -0.1) is 0 Å². The van der Waals surface area contributed by atoms with Gasteiger partial charge in [0.1, 0.15) is 0 Å². The maximum absolute atomic E-state index is 5.77. The molecule has 7 heteroatoms. The molecule has 0 aliphatic carbocycles. The number of aromatic nitrogens is 2. The van der Waals surface area contributed by atoms with Crippen LogP contribution in [-0.4, -0.2) is 23.4 Å². The van der Waals surface area contributed by atoms with E-state index in [2.05, 4.69) is 26.1 Å². The fraction of sp³-hybridized carbons (Fsp3) is 0.385. The van der Waals surface area contributed by atoms with Gasteiger partial charge in [-0.3, -0.25) is 0 Å². The van der Waals surface area contributed by atoms with E-state index in [9.17, 15) is 0 Å². The van der Waals surface area contributed by atoms with E-state index in [0.29, 0.717) is 24.9 Å². The minimum absolute atomic E-state index is 0.216. The highest BCUT2D eigenvalue weighted by Gasteiger charge is 2.22. The molecular weight excluding hydrogens is 326 g/mol. The predicted molar refractivity (Wildman–Crippen MR) is 75.7 cm³/mol. The summed E-state index contributed by atoms with van der Waals surface area (Å²) >= 11 is 3.53. The maximum atomic E-state index is 5.77. The molecule has 3 rings (SSSR count). The molecule has 2 heterocycles. The Hall–Kier alpha value is -1.60. The predicted octanol–water partition coefficient (Wildman–Crippen LogP) is 2.43. The fourth-order valence-electron chi connectivity index (χ4n) is 2.15. The topological polar surface area (TPSA) is 83.4 Å². The van der Waals surface area contributed by atoms with Crippen LogP contribution in [0.3, 0.4) is 0 Å². The first-order valence-corrected chi connectivity index (χ1v) is 7.11. The Morgan fingerprint density at radius 3 is 2.90 bits per heavy atom. The Labute approximate surface area is 124 Å². The number of halogens is 1. The van der Waals surface area contributed by atoms with Gasteiger partial charge in [0, 0.05) is 22.0 Å². The summed E-state index contributed by atoms with van der Waals surface area (Å²) in [5.41, 5.74) is 7.24. The largest absolute Gasteiger partial charge is 0.490 e. The van der Waals surface area contributed by atoms with Gasteiger partial charge in [0.05, 0.1) is 19.8 Å². The average molecular weight is 340 g/mol. The molecule has 20 heavy (non-hydrogen) atoms. The molecule has 0 radical (unpaired) electrons. The molecule has 0 bridgehead atoms. The van der Waals surface area contributed by atoms with E-state index in [1.165, 1.54) is 0 Å². The summed E-state index contributed by atoms with van der Waals surface area (Å²) < 4.78 is 17.4. The van der Waals surface area contributed by atoms with Crippen LogP contribution in [0.5, 0.6) is 11.5 Å². The van der Waals surface area contributed by atoms with Crippen LogP contribution in [0.15, 0.2) is 15.1 Å². The number of hydrogen-bond acceptors (Lipinski definition) is 6. The van der Waals surface area contributed by atoms with Gasteiger partial charge in [-0.25, -0.2) is 0 Å². The molecule has 1 aliphatic rings. The molecule has 0 amide bonds. The number of nitrogens with zero attached hydrogens (tertiary/aromatic N) is 2. The third-order valence-corrected chi connectivity index (χ3v) is 3.72. The van der Waals surface area contributed by atoms with Crippen molar-refractivity contribution in [2.75, 3.05) is 13.2 Å². The number of hydrogen-bond donors (Lipinski definition) is 1. The first-order chi connectivity index (χ1) is 9.70. The quantitative estimate of drug-likeness (QED) is 0.904. The molecule has 1 aliphatic heterocycles. The summed E-state index contributed by atoms with van der Waals surface area (Å²) in [6, 6.07) is 1.88. The fourth-order valence-corrected chi connectivity index (χ4v) is 2.83. The van der Waals surface area contributed by atoms with Crippen molar-refractivity contribution in [3.05, 3.63) is 22.0 Å². The van der Waals surface area contributed by atoms with Crippen molar-refractivity contribution < 1.29 is 14.0 Å². The smallest absolute Gasteiger partial charge is 0.240 e. The highest BCUT2D eigenvalue weighted by molar-refractivity contribution is 9.10. The van der Waals surface area contributed by atoms with Crippen molar-refractivity contribution in [3.8, 4) is 22.9 Å². The van der Waals surface area contributed by atoms with E-state index >= 15 is 0 Å². The van der Waals surface area contributed by atoms with Crippen molar-refractivity contribution in [2.24, 2.45) is 5.73 Å². The van der Waals surface area contributed by atoms with Crippen molar-refractivity contribution in [1.82, 2.24) is 10.1 Å². The van der Waals surface area contributed by atoms with Crippen molar-refractivity contribution in [1.29, 1.82) is 0 Å². The Kier molecular flexibility index (Phi) is 3.62. The lowest BCUT2D eigenvalue weighted by Crippen LogP contribution is -1.99. The molecule has 0 saturated carbocycles. The number of rotatable bonds is 2. The zero-order valence-corrected chi connectivity index (χ0v) is 12.6. The zero-order chi connectivity index (χ0) is 14.1. The Balaban J connectivity index is 2.13. The second-order valence-electron chi connectivity index (χ2n) is 4.45. The molecule has 0 atom stereocenters. The summed E-state index contributed by atoms with van der Waals surface area (Å²) in [7, 11) is 0. The van der Waals surface area contributed by atoms with Crippen LogP contribution >= 0.6 is 15.9 Å². The van der Waals surface area contributed by atoms with Crippen LogP contribution in [0, 0.1) is 6.92 Å². The van der Waals surface area contributed by atoms with E-state index in [1.807, 2.05) is 13.0 Å². The monoisotopic (exact) mass is 339 g/mol. The third-order valence-electron chi connectivity index (χ3n) is 3.09. The van der Waals surface area contributed by atoms with E-state index in [-0.39, 0.29) is 6.54 Å². The second kappa shape index (κ2) is 5.41. The normalized spacial score (nSPS) is 14.2. The molecule has 0 fully saturated rings. The minimum atomic E-state index is 0.216. The molecule has 0 saturated heterocycles. The van der Waals surface area contributed by atoms with Gasteiger partial charge < -0.3 is 19.7 Å². The number of ether oxygens (including phenoxy) is 2. The van der Waals surface area contributed by atoms with Crippen LogP contribution in [0.1, 0.15) is 17.9 Å². The highest BCUT2D eigenvalue weighted by Crippen LogP contribution is 2.42. The van der Waals surface area contributed by atoms with E-state index in [0.717, 1.165) is 33.5 Å². The number of nitrogens with two attached hydrogens (primary N) is 1. The van der Waals surface area contributed by atoms with E-state index < -0.39 is 0 Å². The lowest BCUT2D eigenvalue weighted by Gasteiger charge is -2.14. The molecule has 0 unspecified atom stereocenters. The summed E-state index contributed by atoms with van der Waals surface area (Å²) in [5, 5.41) is 3.96. The molecule has 1 aromatic carbocycles. The maximum Gasteiger partial charge on any atom is 0.240 e. The van der Waals surface area contributed by atoms with Gasteiger partial charge in [0.25, 0.3) is 0 Å². The van der Waals surface area contributed by atoms with Gasteiger partial charge in [-0.2, -0.15) is 4.98 Å². The minimum Gasteiger partial charge on any atom is -0.490 e. The molecule has 6 nitrogen and oxygen atoms in total. The first kappa shape index (κ1) is 13.4. The summed E-state index contributed by atoms with van der Waals surface area (Å²) in [5.74, 6) is 2.36. The van der Waals surface area contributed by atoms with Crippen LogP contribution in [0.4, 0.5) is 0 Å². The number of fused-ring (bicyclic) bond motifs is 1. The molecule has 0 spiro atoms. The van der Waals surface area contributed by atoms with E-state index in [4.69, 9.17) is 19.7 Å². The Bertz CT molecular complexity index is 642. The van der Waals surface area contributed by atoms with Gasteiger partial charge in [0.2, 0.25) is 11.7 Å². The highest BCUT2D eigenvalue weighted by atomic mass is 79.9. The van der Waals surface area contributed by atoms with E-state index in [1.54, 1.807) is 0 Å². The van der Waals surface area contributed by atoms with Crippen LogP contribution in [0.2, 0.25) is 0 Å². The SMILES string of the molecule is Cc1c2c(cc(Br)c1-c1noc(CN)n1)OCCCO2. The molecule has 2 N–H and O–H groups in total. The zero-order valence-electron chi connectivity index (χ0n) is 11.0. The first-order valence-electron chi connectivity index (χ1n) is 6.32. The average Bonchev–Trinajstić information content (AvgIpc) is 2.77.